The number of hydrogen-bond donors (Lipinski definition) is 1. The first-order valence-electron chi connectivity index (χ1n) is 3.25. The summed E-state index contributed by atoms with van der Waals surface area (Å²) in [5, 5.41) is 2.87. The molecule has 0 amide bonds. The van der Waals surface area contributed by atoms with Crippen LogP contribution in [0.5, 0.6) is 0 Å². The highest BCUT2D eigenvalue weighted by Crippen LogP contribution is 2.02. The fourth-order valence-corrected chi connectivity index (χ4v) is 1.04. The molecule has 0 saturated carbocycles. The van der Waals surface area contributed by atoms with E-state index in [0.717, 1.165) is 6.29 Å². The molecule has 56 valence electrons. The highest BCUT2D eigenvalue weighted by Gasteiger charge is 2.25. The molecule has 0 aliphatic carbocycles. The third-order valence-corrected chi connectivity index (χ3v) is 1.58. The minimum absolute atomic E-state index is 0.329. The molecule has 0 aromatic heterocycles. The lowest BCUT2D eigenvalue weighted by atomic mass is 10.1. The van der Waals surface area contributed by atoms with E-state index in [9.17, 15) is 4.79 Å². The standard InChI is InChI=1S/C6H6N4O/c11-1-4-5-6(9-2-7-4)10-3-8-5/h1,3-4,7H,2H2. The van der Waals surface area contributed by atoms with Crippen molar-refractivity contribution >= 4 is 24.2 Å². The Labute approximate surface area is 62.9 Å². The van der Waals surface area contributed by atoms with Crippen molar-refractivity contribution < 1.29 is 4.79 Å². The fraction of sp³-hybridized carbons (Fsp3) is 0.333. The lowest BCUT2D eigenvalue weighted by molar-refractivity contribution is -0.108. The number of rotatable bonds is 1. The predicted molar refractivity (Wildman–Crippen MR) is 41.2 cm³/mol. The van der Waals surface area contributed by atoms with Gasteiger partial charge in [-0.1, -0.05) is 0 Å². The van der Waals surface area contributed by atoms with E-state index in [1.807, 2.05) is 0 Å². The number of aldehydes is 1. The molecule has 0 aromatic carbocycles. The van der Waals surface area contributed by atoms with E-state index in [0.29, 0.717) is 18.2 Å². The molecule has 11 heavy (non-hydrogen) atoms. The predicted octanol–water partition coefficient (Wildman–Crippen LogP) is -1.00. The molecule has 0 saturated heterocycles. The number of amidine groups is 1. The fourth-order valence-electron chi connectivity index (χ4n) is 1.04. The van der Waals surface area contributed by atoms with Crippen molar-refractivity contribution in [3.8, 4) is 0 Å². The van der Waals surface area contributed by atoms with E-state index in [-0.39, 0.29) is 6.04 Å². The molecule has 1 atom stereocenters. The van der Waals surface area contributed by atoms with Crippen molar-refractivity contribution in [2.24, 2.45) is 15.0 Å². The minimum atomic E-state index is -0.329. The molecule has 5 nitrogen and oxygen atoms in total. The highest BCUT2D eigenvalue weighted by atomic mass is 16.1. The molecule has 0 radical (unpaired) electrons. The van der Waals surface area contributed by atoms with Gasteiger partial charge < -0.3 is 4.79 Å². The molecule has 5 heteroatoms. The zero-order valence-corrected chi connectivity index (χ0v) is 5.69. The maximum Gasteiger partial charge on any atom is 0.174 e. The van der Waals surface area contributed by atoms with Gasteiger partial charge in [-0.05, 0) is 0 Å². The van der Waals surface area contributed by atoms with Crippen LogP contribution in [0, 0.1) is 0 Å². The van der Waals surface area contributed by atoms with Gasteiger partial charge in [0.15, 0.2) is 5.84 Å². The Morgan fingerprint density at radius 1 is 1.73 bits per heavy atom. The molecule has 2 rings (SSSR count). The smallest absolute Gasteiger partial charge is 0.174 e. The summed E-state index contributed by atoms with van der Waals surface area (Å²) < 4.78 is 0. The second-order valence-corrected chi connectivity index (χ2v) is 2.22. The molecule has 1 unspecified atom stereocenters. The van der Waals surface area contributed by atoms with Crippen molar-refractivity contribution in [3.63, 3.8) is 0 Å². The summed E-state index contributed by atoms with van der Waals surface area (Å²) in [6.07, 6.45) is 2.22. The summed E-state index contributed by atoms with van der Waals surface area (Å²) in [6, 6.07) is -0.329. The van der Waals surface area contributed by atoms with Crippen LogP contribution in [-0.4, -0.2) is 36.9 Å². The summed E-state index contributed by atoms with van der Waals surface area (Å²) >= 11 is 0. The van der Waals surface area contributed by atoms with Gasteiger partial charge in [-0.15, -0.1) is 0 Å². The normalized spacial score (nSPS) is 27.5. The summed E-state index contributed by atoms with van der Waals surface area (Å²) in [5.41, 5.74) is 0.631. The first-order chi connectivity index (χ1) is 5.42. The Hall–Kier alpha value is -1.36. The summed E-state index contributed by atoms with van der Waals surface area (Å²) in [6.45, 7) is 0.440. The van der Waals surface area contributed by atoms with Gasteiger partial charge in [0.25, 0.3) is 0 Å². The Balaban J connectivity index is 2.35. The molecule has 1 N–H and O–H groups in total. The van der Waals surface area contributed by atoms with Gasteiger partial charge in [-0.25, -0.2) is 15.0 Å². The molecular weight excluding hydrogens is 144 g/mol. The van der Waals surface area contributed by atoms with Gasteiger partial charge in [0, 0.05) is 0 Å². The first kappa shape index (κ1) is 6.36. The van der Waals surface area contributed by atoms with E-state index >= 15 is 0 Å². The Morgan fingerprint density at radius 3 is 3.45 bits per heavy atom. The maximum atomic E-state index is 10.4. The molecule has 0 bridgehead atoms. The topological polar surface area (TPSA) is 66.2 Å². The Bertz CT molecular complexity index is 278. The average molecular weight is 150 g/mol. The van der Waals surface area contributed by atoms with E-state index in [1.54, 1.807) is 0 Å². The van der Waals surface area contributed by atoms with Crippen LogP contribution in [0.1, 0.15) is 0 Å². The van der Waals surface area contributed by atoms with Crippen LogP contribution < -0.4 is 5.32 Å². The van der Waals surface area contributed by atoms with Crippen LogP contribution in [0.25, 0.3) is 0 Å². The number of carbonyl (C=O) groups is 1. The zero-order chi connectivity index (χ0) is 7.68. The molecule has 2 heterocycles. The summed E-state index contributed by atoms with van der Waals surface area (Å²) in [5.74, 6) is 0.584. The largest absolute Gasteiger partial charge is 0.301 e. The van der Waals surface area contributed by atoms with E-state index in [2.05, 4.69) is 20.3 Å². The number of aliphatic imine (C=N–C) groups is 3. The van der Waals surface area contributed by atoms with E-state index in [4.69, 9.17) is 0 Å². The molecular formula is C6H6N4O. The first-order valence-corrected chi connectivity index (χ1v) is 3.25. The van der Waals surface area contributed by atoms with Crippen LogP contribution in [0.3, 0.4) is 0 Å². The second-order valence-electron chi connectivity index (χ2n) is 2.22. The summed E-state index contributed by atoms with van der Waals surface area (Å²) in [7, 11) is 0. The molecule has 2 aliphatic heterocycles. The van der Waals surface area contributed by atoms with E-state index in [1.165, 1.54) is 6.34 Å². The Kier molecular flexibility index (Phi) is 1.36. The van der Waals surface area contributed by atoms with Crippen molar-refractivity contribution in [3.05, 3.63) is 0 Å². The van der Waals surface area contributed by atoms with Gasteiger partial charge in [0.1, 0.15) is 24.4 Å². The number of carbonyl (C=O) groups excluding carboxylic acids is 1. The van der Waals surface area contributed by atoms with Gasteiger partial charge in [-0.2, -0.15) is 0 Å². The molecule has 2 aliphatic rings. The number of fused-ring (bicyclic) bond motifs is 1. The van der Waals surface area contributed by atoms with Crippen LogP contribution in [0.4, 0.5) is 0 Å². The van der Waals surface area contributed by atoms with Gasteiger partial charge in [0.2, 0.25) is 0 Å². The Morgan fingerprint density at radius 2 is 2.64 bits per heavy atom. The lowest BCUT2D eigenvalue weighted by Gasteiger charge is -2.15. The van der Waals surface area contributed by atoms with Crippen LogP contribution in [0.15, 0.2) is 15.0 Å². The second kappa shape index (κ2) is 2.35. The van der Waals surface area contributed by atoms with Crippen LogP contribution in [-0.2, 0) is 4.79 Å². The molecule has 0 fully saturated rings. The number of hydrogen-bond acceptors (Lipinski definition) is 5. The van der Waals surface area contributed by atoms with Crippen LogP contribution in [0.2, 0.25) is 0 Å². The third-order valence-electron chi connectivity index (χ3n) is 1.58. The van der Waals surface area contributed by atoms with E-state index < -0.39 is 0 Å². The van der Waals surface area contributed by atoms with Crippen molar-refractivity contribution in [2.75, 3.05) is 6.67 Å². The minimum Gasteiger partial charge on any atom is -0.301 e. The highest BCUT2D eigenvalue weighted by molar-refractivity contribution is 6.50. The quantitative estimate of drug-likeness (QED) is 0.487. The maximum absolute atomic E-state index is 10.4. The van der Waals surface area contributed by atoms with Gasteiger partial charge in [-0.3, -0.25) is 5.32 Å². The zero-order valence-electron chi connectivity index (χ0n) is 5.69. The van der Waals surface area contributed by atoms with Crippen LogP contribution >= 0.6 is 0 Å². The molecule has 0 spiro atoms. The SMILES string of the molecule is O=CC1NCN=C2N=CN=C21. The van der Waals surface area contributed by atoms with Crippen molar-refractivity contribution in [1.29, 1.82) is 0 Å². The number of nitrogens with one attached hydrogen (secondary N) is 1. The number of nitrogens with zero attached hydrogens (tertiary/aromatic N) is 3. The summed E-state index contributed by atoms with van der Waals surface area (Å²) in [4.78, 5) is 22.2. The van der Waals surface area contributed by atoms with Crippen molar-refractivity contribution in [2.45, 2.75) is 6.04 Å². The van der Waals surface area contributed by atoms with Crippen molar-refractivity contribution in [1.82, 2.24) is 5.32 Å². The average Bonchev–Trinajstić information content (AvgIpc) is 2.50. The third kappa shape index (κ3) is 0.894. The van der Waals surface area contributed by atoms with Gasteiger partial charge >= 0.3 is 0 Å². The molecule has 0 aromatic rings. The van der Waals surface area contributed by atoms with Gasteiger partial charge in [0.05, 0.1) is 6.67 Å². The lowest BCUT2D eigenvalue weighted by Crippen LogP contribution is -2.44. The monoisotopic (exact) mass is 150 g/mol.